The van der Waals surface area contributed by atoms with Crippen LogP contribution in [0.15, 0.2) is 9.59 Å². The number of methoxy groups -OCH3 is 1. The standard InChI is InChI=1S/C7H9N3O4/c1-3-10-6(12)8-4(5(11)14-2)9-7(10)13/h3H2,1-2H3,(H,8,9,12,13). The van der Waals surface area contributed by atoms with E-state index in [2.05, 4.69) is 14.7 Å². The number of nitrogens with one attached hydrogen (secondary N) is 1. The van der Waals surface area contributed by atoms with Gasteiger partial charge in [0.15, 0.2) is 0 Å². The first kappa shape index (κ1) is 10.2. The Labute approximate surface area is 78.4 Å². The van der Waals surface area contributed by atoms with Gasteiger partial charge in [-0.05, 0) is 6.92 Å². The topological polar surface area (TPSA) is 94.0 Å². The summed E-state index contributed by atoms with van der Waals surface area (Å²) in [5.74, 6) is -1.23. The zero-order valence-electron chi connectivity index (χ0n) is 7.73. The van der Waals surface area contributed by atoms with Gasteiger partial charge in [-0.25, -0.2) is 19.0 Å². The van der Waals surface area contributed by atoms with E-state index < -0.39 is 17.3 Å². The van der Waals surface area contributed by atoms with Gasteiger partial charge in [-0.15, -0.1) is 0 Å². The highest BCUT2D eigenvalue weighted by Crippen LogP contribution is 1.84. The molecule has 0 radical (unpaired) electrons. The molecule has 0 amide bonds. The van der Waals surface area contributed by atoms with Gasteiger partial charge < -0.3 is 4.74 Å². The zero-order valence-corrected chi connectivity index (χ0v) is 7.73. The van der Waals surface area contributed by atoms with Crippen LogP contribution in [0.5, 0.6) is 0 Å². The number of nitrogens with zero attached hydrogens (tertiary/aromatic N) is 2. The number of aromatic nitrogens is 3. The highest BCUT2D eigenvalue weighted by Gasteiger charge is 2.11. The van der Waals surface area contributed by atoms with Crippen molar-refractivity contribution < 1.29 is 9.53 Å². The number of H-pyrrole nitrogens is 1. The van der Waals surface area contributed by atoms with Crippen molar-refractivity contribution in [3.63, 3.8) is 0 Å². The molecule has 7 heteroatoms. The Bertz CT molecular complexity index is 427. The van der Waals surface area contributed by atoms with Gasteiger partial charge in [-0.2, -0.15) is 4.98 Å². The fraction of sp³-hybridized carbons (Fsp3) is 0.429. The number of rotatable bonds is 2. The number of ether oxygens (including phenoxy) is 1. The molecule has 76 valence electrons. The molecule has 0 saturated heterocycles. The molecular formula is C7H9N3O4. The third-order valence-corrected chi connectivity index (χ3v) is 1.60. The van der Waals surface area contributed by atoms with Crippen molar-refractivity contribution in [2.45, 2.75) is 13.5 Å². The van der Waals surface area contributed by atoms with E-state index in [1.54, 1.807) is 6.92 Å². The van der Waals surface area contributed by atoms with Crippen molar-refractivity contribution in [2.75, 3.05) is 7.11 Å². The third kappa shape index (κ3) is 1.70. The fourth-order valence-electron chi connectivity index (χ4n) is 0.912. The first-order valence-electron chi connectivity index (χ1n) is 3.89. The van der Waals surface area contributed by atoms with Crippen molar-refractivity contribution in [3.8, 4) is 0 Å². The molecule has 0 spiro atoms. The van der Waals surface area contributed by atoms with Gasteiger partial charge in [-0.3, -0.25) is 4.98 Å². The molecule has 1 N–H and O–H groups in total. The Balaban J connectivity index is 3.36. The highest BCUT2D eigenvalue weighted by atomic mass is 16.5. The third-order valence-electron chi connectivity index (χ3n) is 1.60. The normalized spacial score (nSPS) is 9.86. The maximum atomic E-state index is 11.2. The summed E-state index contributed by atoms with van der Waals surface area (Å²) >= 11 is 0. The van der Waals surface area contributed by atoms with Crippen LogP contribution in [-0.4, -0.2) is 27.6 Å². The van der Waals surface area contributed by atoms with Crippen LogP contribution in [0.3, 0.4) is 0 Å². The monoisotopic (exact) mass is 199 g/mol. The van der Waals surface area contributed by atoms with E-state index in [1.807, 2.05) is 0 Å². The summed E-state index contributed by atoms with van der Waals surface area (Å²) in [5, 5.41) is 0. The van der Waals surface area contributed by atoms with E-state index in [4.69, 9.17) is 0 Å². The van der Waals surface area contributed by atoms with Crippen molar-refractivity contribution in [3.05, 3.63) is 26.8 Å². The molecular weight excluding hydrogens is 190 g/mol. The number of carbonyl (C=O) groups is 1. The van der Waals surface area contributed by atoms with E-state index in [-0.39, 0.29) is 12.4 Å². The van der Waals surface area contributed by atoms with Crippen LogP contribution in [-0.2, 0) is 11.3 Å². The van der Waals surface area contributed by atoms with Crippen molar-refractivity contribution in [1.82, 2.24) is 14.5 Å². The number of carbonyl (C=O) groups excluding carboxylic acids is 1. The van der Waals surface area contributed by atoms with Gasteiger partial charge in [0.2, 0.25) is 5.82 Å². The first-order valence-corrected chi connectivity index (χ1v) is 3.89. The predicted molar refractivity (Wildman–Crippen MR) is 46.1 cm³/mol. The number of hydrogen-bond acceptors (Lipinski definition) is 5. The van der Waals surface area contributed by atoms with Crippen LogP contribution in [0, 0.1) is 0 Å². The van der Waals surface area contributed by atoms with Crippen LogP contribution in [0.1, 0.15) is 17.5 Å². The van der Waals surface area contributed by atoms with E-state index in [0.29, 0.717) is 0 Å². The maximum absolute atomic E-state index is 11.2. The Kier molecular flexibility index (Phi) is 2.80. The molecule has 0 bridgehead atoms. The quantitative estimate of drug-likeness (QED) is 0.600. The molecule has 0 aliphatic heterocycles. The number of aromatic amines is 1. The molecule has 1 aromatic rings. The second-order valence-corrected chi connectivity index (χ2v) is 2.41. The Morgan fingerprint density at radius 3 is 2.64 bits per heavy atom. The zero-order chi connectivity index (χ0) is 10.7. The number of esters is 1. The lowest BCUT2D eigenvalue weighted by atomic mass is 10.6. The van der Waals surface area contributed by atoms with Crippen LogP contribution in [0.2, 0.25) is 0 Å². The minimum absolute atomic E-state index is 0.197. The van der Waals surface area contributed by atoms with Crippen molar-refractivity contribution in [1.29, 1.82) is 0 Å². The van der Waals surface area contributed by atoms with Gasteiger partial charge in [0.25, 0.3) is 0 Å². The second-order valence-electron chi connectivity index (χ2n) is 2.41. The average molecular weight is 199 g/mol. The lowest BCUT2D eigenvalue weighted by molar-refractivity contribution is 0.0584. The SMILES string of the molecule is CCn1c(=O)nc(C(=O)OC)[nH]c1=O. The second kappa shape index (κ2) is 3.86. The van der Waals surface area contributed by atoms with E-state index in [1.165, 1.54) is 0 Å². The molecule has 0 aromatic carbocycles. The minimum atomic E-state index is -0.845. The van der Waals surface area contributed by atoms with Crippen LogP contribution >= 0.6 is 0 Å². The molecule has 0 aliphatic rings. The van der Waals surface area contributed by atoms with Gasteiger partial charge in [0.05, 0.1) is 7.11 Å². The summed E-state index contributed by atoms with van der Waals surface area (Å²) in [4.78, 5) is 38.7. The molecule has 1 aromatic heterocycles. The largest absolute Gasteiger partial charge is 0.463 e. The Morgan fingerprint density at radius 2 is 2.21 bits per heavy atom. The Hall–Kier alpha value is -1.92. The predicted octanol–water partition coefficient (Wildman–Crippen LogP) is -1.26. The van der Waals surface area contributed by atoms with Crippen LogP contribution in [0.25, 0.3) is 0 Å². The van der Waals surface area contributed by atoms with E-state index >= 15 is 0 Å². The molecule has 0 unspecified atom stereocenters. The van der Waals surface area contributed by atoms with Gasteiger partial charge in [0, 0.05) is 6.54 Å². The summed E-state index contributed by atoms with van der Waals surface area (Å²) in [7, 11) is 1.13. The fourth-order valence-corrected chi connectivity index (χ4v) is 0.912. The van der Waals surface area contributed by atoms with Gasteiger partial charge in [-0.1, -0.05) is 0 Å². The van der Waals surface area contributed by atoms with Gasteiger partial charge >= 0.3 is 17.3 Å². The smallest absolute Gasteiger partial charge is 0.374 e. The molecule has 0 atom stereocenters. The Morgan fingerprint density at radius 1 is 1.57 bits per heavy atom. The molecule has 1 rings (SSSR count). The summed E-state index contributed by atoms with van der Waals surface area (Å²) in [6, 6.07) is 0. The molecule has 0 saturated carbocycles. The summed E-state index contributed by atoms with van der Waals surface area (Å²) < 4.78 is 5.17. The van der Waals surface area contributed by atoms with Crippen molar-refractivity contribution >= 4 is 5.97 Å². The molecule has 7 nitrogen and oxygen atoms in total. The molecule has 0 aliphatic carbocycles. The van der Waals surface area contributed by atoms with Gasteiger partial charge in [0.1, 0.15) is 0 Å². The van der Waals surface area contributed by atoms with Crippen LogP contribution in [0.4, 0.5) is 0 Å². The maximum Gasteiger partial charge on any atom is 0.374 e. The average Bonchev–Trinajstić information content (AvgIpc) is 2.16. The van der Waals surface area contributed by atoms with Crippen LogP contribution < -0.4 is 11.4 Å². The van der Waals surface area contributed by atoms with E-state index in [9.17, 15) is 14.4 Å². The molecule has 0 fully saturated rings. The summed E-state index contributed by atoms with van der Waals surface area (Å²) in [6.07, 6.45) is 0. The molecule has 14 heavy (non-hydrogen) atoms. The highest BCUT2D eigenvalue weighted by molar-refractivity contribution is 5.84. The van der Waals surface area contributed by atoms with Crippen molar-refractivity contribution in [2.24, 2.45) is 0 Å². The minimum Gasteiger partial charge on any atom is -0.463 e. The summed E-state index contributed by atoms with van der Waals surface area (Å²) in [6.45, 7) is 1.82. The first-order chi connectivity index (χ1) is 6.60. The lowest BCUT2D eigenvalue weighted by Crippen LogP contribution is -2.38. The lowest BCUT2D eigenvalue weighted by Gasteiger charge is -2.00. The summed E-state index contributed by atoms with van der Waals surface area (Å²) in [5.41, 5.74) is -1.44. The van der Waals surface area contributed by atoms with E-state index in [0.717, 1.165) is 11.7 Å². The number of hydrogen-bond donors (Lipinski definition) is 1. The molecule has 1 heterocycles.